The zero-order valence-corrected chi connectivity index (χ0v) is 15.3. The molecule has 0 spiro atoms. The van der Waals surface area contributed by atoms with Gasteiger partial charge in [-0.05, 0) is 30.3 Å². The molecule has 2 rings (SSSR count). The number of ether oxygens (including phenoxy) is 4. The molecule has 2 aromatic rings. The van der Waals surface area contributed by atoms with Crippen molar-refractivity contribution >= 4 is 23.5 Å². The van der Waals surface area contributed by atoms with Gasteiger partial charge < -0.3 is 24.3 Å². The van der Waals surface area contributed by atoms with Crippen LogP contribution in [-0.4, -0.2) is 46.3 Å². The van der Waals surface area contributed by atoms with E-state index in [1.165, 1.54) is 46.6 Å². The van der Waals surface area contributed by atoms with E-state index in [0.29, 0.717) is 5.75 Å². The Balaban J connectivity index is 2.47. The van der Waals surface area contributed by atoms with Gasteiger partial charge in [0, 0.05) is 0 Å². The van der Waals surface area contributed by atoms with Gasteiger partial charge in [-0.25, -0.2) is 9.59 Å². The van der Waals surface area contributed by atoms with Gasteiger partial charge in [0.2, 0.25) is 0 Å². The number of rotatable bonds is 6. The van der Waals surface area contributed by atoms with Gasteiger partial charge in [0.1, 0.15) is 0 Å². The Kier molecular flexibility index (Phi) is 6.37. The average Bonchev–Trinajstić information content (AvgIpc) is 2.71. The van der Waals surface area contributed by atoms with E-state index in [2.05, 4.69) is 10.1 Å². The second-order valence-electron chi connectivity index (χ2n) is 5.24. The molecule has 1 N–H and O–H groups in total. The fraction of sp³-hybridized carbons (Fsp3) is 0.211. The van der Waals surface area contributed by atoms with Gasteiger partial charge in [0.15, 0.2) is 11.5 Å². The third kappa shape index (κ3) is 4.17. The molecule has 8 heteroatoms. The second kappa shape index (κ2) is 8.70. The Bertz CT molecular complexity index is 876. The normalized spacial score (nSPS) is 9.93. The van der Waals surface area contributed by atoms with E-state index >= 15 is 0 Å². The highest BCUT2D eigenvalue weighted by Gasteiger charge is 2.21. The predicted molar refractivity (Wildman–Crippen MR) is 96.6 cm³/mol. The molecule has 0 saturated carbocycles. The van der Waals surface area contributed by atoms with Crippen molar-refractivity contribution < 1.29 is 33.3 Å². The van der Waals surface area contributed by atoms with Crippen LogP contribution in [0.5, 0.6) is 11.5 Å². The molecule has 2 aromatic carbocycles. The van der Waals surface area contributed by atoms with Crippen molar-refractivity contribution in [2.24, 2.45) is 0 Å². The molecular weight excluding hydrogens is 354 g/mol. The number of carbonyl (C=O) groups is 3. The summed E-state index contributed by atoms with van der Waals surface area (Å²) >= 11 is 0. The first-order valence-electron chi connectivity index (χ1n) is 7.79. The Morgan fingerprint density at radius 2 is 1.52 bits per heavy atom. The minimum absolute atomic E-state index is 0.0837. The summed E-state index contributed by atoms with van der Waals surface area (Å²) in [5, 5.41) is 2.60. The highest BCUT2D eigenvalue weighted by molar-refractivity contribution is 6.10. The van der Waals surface area contributed by atoms with E-state index in [-0.39, 0.29) is 28.1 Å². The van der Waals surface area contributed by atoms with Crippen molar-refractivity contribution in [2.75, 3.05) is 33.8 Å². The fourth-order valence-electron chi connectivity index (χ4n) is 2.44. The molecular formula is C19H19NO7. The summed E-state index contributed by atoms with van der Waals surface area (Å²) in [6.07, 6.45) is 0. The zero-order valence-electron chi connectivity index (χ0n) is 15.3. The Hall–Kier alpha value is -3.55. The molecule has 0 unspecified atom stereocenters. The summed E-state index contributed by atoms with van der Waals surface area (Å²) in [7, 11) is 5.31. The fourth-order valence-corrected chi connectivity index (χ4v) is 2.44. The summed E-state index contributed by atoms with van der Waals surface area (Å²) in [5.74, 6) is -1.22. The van der Waals surface area contributed by atoms with Crippen LogP contribution in [0.3, 0.4) is 0 Å². The maximum atomic E-state index is 12.8. The first-order chi connectivity index (χ1) is 13.0. The van der Waals surface area contributed by atoms with Crippen LogP contribution < -0.4 is 14.8 Å². The summed E-state index contributed by atoms with van der Waals surface area (Å²) in [6.45, 7) is 0. The van der Waals surface area contributed by atoms with Gasteiger partial charge in [-0.3, -0.25) is 4.79 Å². The van der Waals surface area contributed by atoms with Crippen LogP contribution >= 0.6 is 0 Å². The van der Waals surface area contributed by atoms with E-state index in [1.807, 2.05) is 0 Å². The van der Waals surface area contributed by atoms with Crippen LogP contribution in [0.15, 0.2) is 36.4 Å². The molecule has 0 aliphatic rings. The SMILES string of the molecule is COC(=O)c1ccc(C(=O)OC)c(NC(=O)c2cccc(OC)c2OC)c1. The number of hydrogen-bond donors (Lipinski definition) is 1. The lowest BCUT2D eigenvalue weighted by Gasteiger charge is -2.14. The second-order valence-corrected chi connectivity index (χ2v) is 5.24. The number of methoxy groups -OCH3 is 4. The molecule has 0 bridgehead atoms. The lowest BCUT2D eigenvalue weighted by Crippen LogP contribution is -2.17. The van der Waals surface area contributed by atoms with Crippen LogP contribution in [0, 0.1) is 0 Å². The summed E-state index contributed by atoms with van der Waals surface area (Å²) in [5.41, 5.74) is 0.536. The van der Waals surface area contributed by atoms with E-state index in [9.17, 15) is 14.4 Å². The maximum Gasteiger partial charge on any atom is 0.339 e. The molecule has 27 heavy (non-hydrogen) atoms. The summed E-state index contributed by atoms with van der Waals surface area (Å²) in [4.78, 5) is 36.5. The number of para-hydroxylation sites is 1. The third-order valence-corrected chi connectivity index (χ3v) is 3.74. The van der Waals surface area contributed by atoms with Crippen LogP contribution in [-0.2, 0) is 9.47 Å². The highest BCUT2D eigenvalue weighted by atomic mass is 16.5. The van der Waals surface area contributed by atoms with Gasteiger partial charge in [-0.15, -0.1) is 0 Å². The molecule has 0 aromatic heterocycles. The molecule has 0 aliphatic carbocycles. The molecule has 1 amide bonds. The Morgan fingerprint density at radius 1 is 0.815 bits per heavy atom. The van der Waals surface area contributed by atoms with Crippen LogP contribution in [0.4, 0.5) is 5.69 Å². The topological polar surface area (TPSA) is 100 Å². The number of carbonyl (C=O) groups excluding carboxylic acids is 3. The molecule has 8 nitrogen and oxygen atoms in total. The third-order valence-electron chi connectivity index (χ3n) is 3.74. The van der Waals surface area contributed by atoms with Gasteiger partial charge in [-0.2, -0.15) is 0 Å². The minimum atomic E-state index is -0.667. The highest BCUT2D eigenvalue weighted by Crippen LogP contribution is 2.31. The smallest absolute Gasteiger partial charge is 0.339 e. The van der Waals surface area contributed by atoms with Crippen molar-refractivity contribution in [1.29, 1.82) is 0 Å². The van der Waals surface area contributed by atoms with Crippen molar-refractivity contribution in [3.05, 3.63) is 53.1 Å². The van der Waals surface area contributed by atoms with Crippen molar-refractivity contribution in [2.45, 2.75) is 0 Å². The largest absolute Gasteiger partial charge is 0.493 e. The lowest BCUT2D eigenvalue weighted by molar-refractivity contribution is 0.0587. The number of esters is 2. The molecule has 0 atom stereocenters. The Morgan fingerprint density at radius 3 is 2.11 bits per heavy atom. The van der Waals surface area contributed by atoms with Gasteiger partial charge >= 0.3 is 11.9 Å². The van der Waals surface area contributed by atoms with Gasteiger partial charge in [0.05, 0.1) is 50.8 Å². The zero-order chi connectivity index (χ0) is 20.0. The van der Waals surface area contributed by atoms with Gasteiger partial charge in [-0.1, -0.05) is 6.07 Å². The van der Waals surface area contributed by atoms with Crippen molar-refractivity contribution in [3.8, 4) is 11.5 Å². The monoisotopic (exact) mass is 373 g/mol. The molecule has 142 valence electrons. The van der Waals surface area contributed by atoms with E-state index in [4.69, 9.17) is 14.2 Å². The maximum absolute atomic E-state index is 12.8. The molecule has 0 fully saturated rings. The number of benzene rings is 2. The molecule has 0 saturated heterocycles. The van der Waals surface area contributed by atoms with Crippen LogP contribution in [0.2, 0.25) is 0 Å². The van der Waals surface area contributed by atoms with Crippen LogP contribution in [0.25, 0.3) is 0 Å². The predicted octanol–water partition coefficient (Wildman–Crippen LogP) is 2.53. The van der Waals surface area contributed by atoms with Crippen molar-refractivity contribution in [1.82, 2.24) is 0 Å². The molecule has 0 aliphatic heterocycles. The Labute approximate surface area is 156 Å². The molecule has 0 heterocycles. The van der Waals surface area contributed by atoms with E-state index in [1.54, 1.807) is 18.2 Å². The minimum Gasteiger partial charge on any atom is -0.493 e. The number of nitrogens with one attached hydrogen (secondary N) is 1. The van der Waals surface area contributed by atoms with Crippen LogP contribution in [0.1, 0.15) is 31.1 Å². The number of anilines is 1. The van der Waals surface area contributed by atoms with E-state index < -0.39 is 17.8 Å². The van der Waals surface area contributed by atoms with Gasteiger partial charge in [0.25, 0.3) is 5.91 Å². The molecule has 0 radical (unpaired) electrons. The van der Waals surface area contributed by atoms with E-state index in [0.717, 1.165) is 0 Å². The summed E-state index contributed by atoms with van der Waals surface area (Å²) < 4.78 is 19.8. The lowest BCUT2D eigenvalue weighted by atomic mass is 10.1. The number of amides is 1. The first-order valence-corrected chi connectivity index (χ1v) is 7.79. The average molecular weight is 373 g/mol. The standard InChI is InChI=1S/C19H19NO7/c1-24-15-7-5-6-13(16(15)25-2)17(21)20-14-10-11(18(22)26-3)8-9-12(14)19(23)27-4/h5-10H,1-4H3,(H,20,21). The first kappa shape index (κ1) is 19.8. The quantitative estimate of drug-likeness (QED) is 0.777. The summed E-state index contributed by atoms with van der Waals surface area (Å²) in [6, 6.07) is 8.92. The van der Waals surface area contributed by atoms with Crippen molar-refractivity contribution in [3.63, 3.8) is 0 Å². The number of hydrogen-bond acceptors (Lipinski definition) is 7.